The zero-order valence-corrected chi connectivity index (χ0v) is 16.9. The molecule has 0 aliphatic carbocycles. The van der Waals surface area contributed by atoms with Gasteiger partial charge in [-0.15, -0.1) is 0 Å². The molecule has 0 N–H and O–H groups in total. The number of esters is 1. The summed E-state index contributed by atoms with van der Waals surface area (Å²) in [5.41, 5.74) is -4.88. The normalized spacial score (nSPS) is 11.1. The van der Waals surface area contributed by atoms with E-state index in [1.807, 2.05) is 0 Å². The highest BCUT2D eigenvalue weighted by Crippen LogP contribution is 2.40. The largest absolute Gasteiger partial charge is 0.459 e. The number of benzene rings is 2. The highest BCUT2D eigenvalue weighted by Gasteiger charge is 2.38. The van der Waals surface area contributed by atoms with Crippen molar-refractivity contribution in [3.8, 4) is 0 Å². The first-order chi connectivity index (χ1) is 14.7. The second-order valence-corrected chi connectivity index (χ2v) is 7.48. The van der Waals surface area contributed by atoms with Gasteiger partial charge in [0.25, 0.3) is 22.7 Å². The van der Waals surface area contributed by atoms with Crippen LogP contribution in [0.2, 0.25) is 0 Å². The Labute approximate surface area is 179 Å². The highest BCUT2D eigenvalue weighted by molar-refractivity contribution is 5.86. The Morgan fingerprint density at radius 3 is 1.41 bits per heavy atom. The number of nitro groups is 4. The number of non-ortho nitro benzene ring substituents is 2. The molecule has 0 fully saturated rings. The first-order valence-corrected chi connectivity index (χ1v) is 8.81. The summed E-state index contributed by atoms with van der Waals surface area (Å²) in [5.74, 6) is -2.89. The molecule has 32 heavy (non-hydrogen) atoms. The molecule has 0 aliphatic rings. The van der Waals surface area contributed by atoms with Gasteiger partial charge in [-0.2, -0.15) is 0 Å². The third-order valence-corrected chi connectivity index (χ3v) is 4.11. The smallest absolute Gasteiger partial charge is 0.318 e. The number of rotatable bonds is 7. The summed E-state index contributed by atoms with van der Waals surface area (Å²) in [6.45, 7) is 4.49. The van der Waals surface area contributed by atoms with Gasteiger partial charge in [-0.3, -0.25) is 45.3 Å². The van der Waals surface area contributed by atoms with Crippen molar-refractivity contribution in [1.82, 2.24) is 0 Å². The molecule has 0 heterocycles. The van der Waals surface area contributed by atoms with E-state index in [0.717, 1.165) is 24.3 Å². The van der Waals surface area contributed by atoms with Gasteiger partial charge in [0.05, 0.1) is 31.8 Å². The van der Waals surface area contributed by atoms with E-state index in [9.17, 15) is 45.3 Å². The van der Waals surface area contributed by atoms with Gasteiger partial charge in [0.1, 0.15) is 11.5 Å². The molecule has 0 aromatic heterocycles. The maximum absolute atomic E-state index is 13.0. The van der Waals surface area contributed by atoms with Crippen LogP contribution in [0.3, 0.4) is 0 Å². The summed E-state index contributed by atoms with van der Waals surface area (Å²) in [6, 6.07) is 4.88. The van der Waals surface area contributed by atoms with Crippen molar-refractivity contribution in [2.45, 2.75) is 32.3 Å². The lowest BCUT2D eigenvalue weighted by Crippen LogP contribution is -2.29. The molecule has 168 valence electrons. The molecular formula is C18H16N4O10. The van der Waals surface area contributed by atoms with Crippen LogP contribution in [-0.2, 0) is 9.53 Å². The Bertz CT molecular complexity index is 1060. The lowest BCUT2D eigenvalue weighted by molar-refractivity contribution is -0.395. The van der Waals surface area contributed by atoms with E-state index in [0.29, 0.717) is 12.1 Å². The number of hydrogen-bond donors (Lipinski definition) is 0. The summed E-state index contributed by atoms with van der Waals surface area (Å²) in [4.78, 5) is 54.6. The number of nitrogens with zero attached hydrogens (tertiary/aromatic N) is 4. The Balaban J connectivity index is 2.87. The molecule has 0 aliphatic heterocycles. The number of nitro benzene ring substituents is 4. The molecule has 14 heteroatoms. The van der Waals surface area contributed by atoms with E-state index in [1.54, 1.807) is 0 Å². The predicted molar refractivity (Wildman–Crippen MR) is 107 cm³/mol. The van der Waals surface area contributed by atoms with Crippen LogP contribution in [0.5, 0.6) is 0 Å². The van der Waals surface area contributed by atoms with Crippen LogP contribution in [0, 0.1) is 40.5 Å². The van der Waals surface area contributed by atoms with Crippen molar-refractivity contribution in [2.24, 2.45) is 0 Å². The highest BCUT2D eigenvalue weighted by atomic mass is 16.6. The molecule has 0 unspecified atom stereocenters. The fourth-order valence-corrected chi connectivity index (χ4v) is 2.88. The van der Waals surface area contributed by atoms with Crippen LogP contribution in [0.4, 0.5) is 22.7 Å². The minimum absolute atomic E-state index is 0.410. The molecule has 14 nitrogen and oxygen atoms in total. The van der Waals surface area contributed by atoms with Crippen LogP contribution in [0.1, 0.15) is 37.8 Å². The molecule has 2 aromatic rings. The minimum Gasteiger partial charge on any atom is -0.459 e. The standard InChI is InChI=1S/C18H16N4O10/c1-18(2,3)32-17(23)16(12-6-4-10(19(24)25)8-14(12)21(28)29)13-7-5-11(20(26)27)9-15(13)22(30)31/h4-9,16H,1-3H3. The summed E-state index contributed by atoms with van der Waals surface area (Å²) in [7, 11) is 0. The zero-order valence-electron chi connectivity index (χ0n) is 16.9. The first-order valence-electron chi connectivity index (χ1n) is 8.81. The summed E-state index contributed by atoms with van der Waals surface area (Å²) < 4.78 is 5.28. The average Bonchev–Trinajstić information content (AvgIpc) is 2.66. The Hall–Kier alpha value is -4.49. The quantitative estimate of drug-likeness (QED) is 0.341. The first kappa shape index (κ1) is 23.8. The molecule has 2 rings (SSSR count). The number of carbonyl (C=O) groups is 1. The Kier molecular flexibility index (Phi) is 6.47. The number of carbonyl (C=O) groups excluding carboxylic acids is 1. The maximum Gasteiger partial charge on any atom is 0.318 e. The average molecular weight is 448 g/mol. The second-order valence-electron chi connectivity index (χ2n) is 7.48. The molecule has 0 radical (unpaired) electrons. The van der Waals surface area contributed by atoms with Gasteiger partial charge in [-0.1, -0.05) is 0 Å². The molecule has 0 bridgehead atoms. The van der Waals surface area contributed by atoms with Gasteiger partial charge in [-0.05, 0) is 32.9 Å². The van der Waals surface area contributed by atoms with E-state index in [4.69, 9.17) is 4.74 Å². The minimum atomic E-state index is -1.77. The van der Waals surface area contributed by atoms with Crippen molar-refractivity contribution in [1.29, 1.82) is 0 Å². The second kappa shape index (κ2) is 8.71. The van der Waals surface area contributed by atoms with Crippen molar-refractivity contribution < 1.29 is 29.2 Å². The fourth-order valence-electron chi connectivity index (χ4n) is 2.88. The zero-order chi connectivity index (χ0) is 24.4. The number of ether oxygens (including phenoxy) is 1. The molecule has 0 saturated heterocycles. The van der Waals surface area contributed by atoms with Gasteiger partial charge >= 0.3 is 5.97 Å². The van der Waals surface area contributed by atoms with Crippen molar-refractivity contribution in [3.05, 3.63) is 88.0 Å². The van der Waals surface area contributed by atoms with Crippen molar-refractivity contribution in [3.63, 3.8) is 0 Å². The van der Waals surface area contributed by atoms with Crippen LogP contribution < -0.4 is 0 Å². The van der Waals surface area contributed by atoms with Crippen LogP contribution >= 0.6 is 0 Å². The summed E-state index contributed by atoms with van der Waals surface area (Å²) >= 11 is 0. The molecule has 0 spiro atoms. The van der Waals surface area contributed by atoms with E-state index in [-0.39, 0.29) is 0 Å². The van der Waals surface area contributed by atoms with Crippen LogP contribution in [0.15, 0.2) is 36.4 Å². The van der Waals surface area contributed by atoms with E-state index >= 15 is 0 Å². The van der Waals surface area contributed by atoms with E-state index < -0.39 is 71.1 Å². The van der Waals surface area contributed by atoms with Gasteiger partial charge in [0.15, 0.2) is 0 Å². The van der Waals surface area contributed by atoms with Gasteiger partial charge in [-0.25, -0.2) is 0 Å². The molecule has 2 aromatic carbocycles. The van der Waals surface area contributed by atoms with E-state index in [2.05, 4.69) is 0 Å². The summed E-state index contributed by atoms with van der Waals surface area (Å²) in [6.07, 6.45) is 0. The predicted octanol–water partition coefficient (Wildman–Crippen LogP) is 3.79. The third kappa shape index (κ3) is 5.16. The molecule has 0 atom stereocenters. The van der Waals surface area contributed by atoms with Gasteiger partial charge < -0.3 is 4.74 Å². The number of hydrogen-bond acceptors (Lipinski definition) is 10. The van der Waals surface area contributed by atoms with Crippen LogP contribution in [-0.4, -0.2) is 31.3 Å². The SMILES string of the molecule is CC(C)(C)OC(=O)C(c1ccc([N+](=O)[O-])cc1[N+](=O)[O-])c1ccc([N+](=O)[O-])cc1[N+](=O)[O-]. The maximum atomic E-state index is 13.0. The topological polar surface area (TPSA) is 199 Å². The molecule has 0 saturated carbocycles. The lowest BCUT2D eigenvalue weighted by atomic mass is 9.88. The third-order valence-electron chi connectivity index (χ3n) is 4.11. The van der Waals surface area contributed by atoms with Crippen LogP contribution in [0.25, 0.3) is 0 Å². The van der Waals surface area contributed by atoms with Gasteiger partial charge in [0, 0.05) is 23.3 Å². The lowest BCUT2D eigenvalue weighted by Gasteiger charge is -2.24. The van der Waals surface area contributed by atoms with Crippen molar-refractivity contribution in [2.75, 3.05) is 0 Å². The Morgan fingerprint density at radius 2 is 1.12 bits per heavy atom. The van der Waals surface area contributed by atoms with E-state index in [1.165, 1.54) is 20.8 Å². The molecular weight excluding hydrogens is 432 g/mol. The van der Waals surface area contributed by atoms with Gasteiger partial charge in [0.2, 0.25) is 0 Å². The molecule has 0 amide bonds. The van der Waals surface area contributed by atoms with Crippen molar-refractivity contribution >= 4 is 28.7 Å². The fraction of sp³-hybridized carbons (Fsp3) is 0.278. The summed E-state index contributed by atoms with van der Waals surface area (Å²) in [5, 5.41) is 45.3. The Morgan fingerprint density at radius 1 is 0.750 bits per heavy atom. The monoisotopic (exact) mass is 448 g/mol.